The van der Waals surface area contributed by atoms with Gasteiger partial charge in [-0.25, -0.2) is 13.1 Å². The number of sulfonamides is 1. The molecule has 5 nitrogen and oxygen atoms in total. The summed E-state index contributed by atoms with van der Waals surface area (Å²) in [6.45, 7) is 2.05. The molecule has 1 aromatic carbocycles. The fourth-order valence-electron chi connectivity index (χ4n) is 1.40. The first-order valence-corrected chi connectivity index (χ1v) is 9.50. The van der Waals surface area contributed by atoms with Gasteiger partial charge in [0, 0.05) is 33.3 Å². The first-order valence-electron chi connectivity index (χ1n) is 5.61. The minimum absolute atomic E-state index is 0.0510. The maximum Gasteiger partial charge on any atom is 0.242 e. The molecule has 1 rings (SSSR count). The predicted molar refractivity (Wildman–Crippen MR) is 81.9 cm³/mol. The molecule has 0 aliphatic heterocycles. The molecule has 0 aliphatic carbocycles. The van der Waals surface area contributed by atoms with Gasteiger partial charge in [-0.15, -0.1) is 0 Å². The number of nitrogen functional groups attached to an aromatic ring is 1. The van der Waals surface area contributed by atoms with Gasteiger partial charge in [0.25, 0.3) is 0 Å². The summed E-state index contributed by atoms with van der Waals surface area (Å²) in [6.07, 6.45) is 2.12. The summed E-state index contributed by atoms with van der Waals surface area (Å²) in [5, 5.41) is -0.0510. The van der Waals surface area contributed by atoms with Crippen LogP contribution in [0.1, 0.15) is 13.3 Å². The number of hydrogen-bond acceptors (Lipinski definition) is 4. The fourth-order valence-corrected chi connectivity index (χ4v) is 3.39. The number of rotatable bonds is 6. The average Bonchev–Trinajstić information content (AvgIpc) is 2.27. The highest BCUT2D eigenvalue weighted by Gasteiger charge is 2.17. The molecular weight excluding hydrogens is 352 g/mol. The summed E-state index contributed by atoms with van der Waals surface area (Å²) >= 11 is 3.22. The van der Waals surface area contributed by atoms with E-state index >= 15 is 0 Å². The first kappa shape index (κ1) is 16.6. The summed E-state index contributed by atoms with van der Waals surface area (Å²) in [6, 6.07) is 4.61. The zero-order chi connectivity index (χ0) is 14.6. The van der Waals surface area contributed by atoms with Gasteiger partial charge in [0.05, 0.1) is 5.69 Å². The lowest BCUT2D eigenvalue weighted by Crippen LogP contribution is -2.28. The molecule has 0 spiro atoms. The van der Waals surface area contributed by atoms with Crippen molar-refractivity contribution in [1.82, 2.24) is 4.72 Å². The third-order valence-electron chi connectivity index (χ3n) is 2.67. The number of halogens is 1. The Bertz CT molecular complexity index is 575. The predicted octanol–water partition coefficient (Wildman–Crippen LogP) is 1.47. The van der Waals surface area contributed by atoms with Crippen LogP contribution in [-0.4, -0.2) is 30.7 Å². The Morgan fingerprint density at radius 2 is 2.11 bits per heavy atom. The van der Waals surface area contributed by atoms with Crippen LogP contribution in [0.5, 0.6) is 0 Å². The minimum Gasteiger partial charge on any atom is -0.398 e. The standard InChI is InChI=1S/C11H17BrN2O3S2/c1-8(18(2)15)5-6-14-19(16,17)11-4-3-9(12)7-10(11)13/h3-4,7-8,14H,5-6,13H2,1-2H3. The molecule has 0 radical (unpaired) electrons. The van der Waals surface area contributed by atoms with Crippen LogP contribution >= 0.6 is 15.9 Å². The highest BCUT2D eigenvalue weighted by molar-refractivity contribution is 9.10. The molecular formula is C11H17BrN2O3S2. The second kappa shape index (κ2) is 6.83. The summed E-state index contributed by atoms with van der Waals surface area (Å²) in [4.78, 5) is 0.0565. The lowest BCUT2D eigenvalue weighted by Gasteiger charge is -2.11. The molecule has 2 unspecified atom stereocenters. The van der Waals surface area contributed by atoms with E-state index in [1.54, 1.807) is 12.3 Å². The Morgan fingerprint density at radius 1 is 1.47 bits per heavy atom. The largest absolute Gasteiger partial charge is 0.398 e. The number of anilines is 1. The third-order valence-corrected chi connectivity index (χ3v) is 6.07. The van der Waals surface area contributed by atoms with E-state index in [9.17, 15) is 12.6 Å². The van der Waals surface area contributed by atoms with Crippen LogP contribution in [0, 0.1) is 0 Å². The van der Waals surface area contributed by atoms with Gasteiger partial charge in [-0.3, -0.25) is 4.21 Å². The molecule has 0 saturated carbocycles. The molecule has 0 bridgehead atoms. The van der Waals surface area contributed by atoms with E-state index < -0.39 is 20.8 Å². The van der Waals surface area contributed by atoms with Crippen LogP contribution in [0.25, 0.3) is 0 Å². The summed E-state index contributed by atoms with van der Waals surface area (Å²) in [7, 11) is -4.58. The van der Waals surface area contributed by atoms with Gasteiger partial charge in [0.2, 0.25) is 10.0 Å². The summed E-state index contributed by atoms with van der Waals surface area (Å²) in [5.41, 5.74) is 5.88. The van der Waals surface area contributed by atoms with Crippen LogP contribution in [0.3, 0.4) is 0 Å². The number of hydrogen-bond donors (Lipinski definition) is 2. The van der Waals surface area contributed by atoms with E-state index in [4.69, 9.17) is 5.73 Å². The van der Waals surface area contributed by atoms with Crippen LogP contribution in [0.2, 0.25) is 0 Å². The zero-order valence-electron chi connectivity index (χ0n) is 10.7. The SMILES string of the molecule is CC(CCNS(=O)(=O)c1ccc(Br)cc1N)S(C)=O. The molecule has 2 atom stereocenters. The second-order valence-corrected chi connectivity index (χ2v) is 8.63. The lowest BCUT2D eigenvalue weighted by molar-refractivity contribution is 0.578. The van der Waals surface area contributed by atoms with E-state index in [1.807, 2.05) is 6.92 Å². The van der Waals surface area contributed by atoms with Gasteiger partial charge in [0.1, 0.15) is 4.90 Å². The van der Waals surface area contributed by atoms with E-state index in [2.05, 4.69) is 20.7 Å². The maximum atomic E-state index is 12.0. The molecule has 0 aliphatic rings. The monoisotopic (exact) mass is 368 g/mol. The summed E-state index contributed by atoms with van der Waals surface area (Å²) in [5.74, 6) is 0. The number of benzene rings is 1. The quantitative estimate of drug-likeness (QED) is 0.743. The van der Waals surface area contributed by atoms with E-state index in [0.717, 1.165) is 4.47 Å². The summed E-state index contributed by atoms with van der Waals surface area (Å²) < 4.78 is 38.4. The first-order chi connectivity index (χ1) is 8.74. The van der Waals surface area contributed by atoms with Crippen molar-refractivity contribution in [2.45, 2.75) is 23.5 Å². The molecule has 1 aromatic rings. The Labute approximate surface area is 124 Å². The molecule has 19 heavy (non-hydrogen) atoms. The normalized spacial score (nSPS) is 15.1. The van der Waals surface area contributed by atoms with Gasteiger partial charge in [-0.1, -0.05) is 22.9 Å². The van der Waals surface area contributed by atoms with Crippen molar-refractivity contribution in [3.8, 4) is 0 Å². The highest BCUT2D eigenvalue weighted by Crippen LogP contribution is 2.22. The van der Waals surface area contributed by atoms with Crippen LogP contribution in [0.4, 0.5) is 5.69 Å². The van der Waals surface area contributed by atoms with Gasteiger partial charge in [-0.05, 0) is 24.6 Å². The Hall–Kier alpha value is -0.440. The van der Waals surface area contributed by atoms with Crippen LogP contribution in [0.15, 0.2) is 27.6 Å². The highest BCUT2D eigenvalue weighted by atomic mass is 79.9. The molecule has 0 aromatic heterocycles. The van der Waals surface area contributed by atoms with Gasteiger partial charge < -0.3 is 5.73 Å². The van der Waals surface area contributed by atoms with Gasteiger partial charge in [0.15, 0.2) is 0 Å². The van der Waals surface area contributed by atoms with Crippen molar-refractivity contribution in [1.29, 1.82) is 0 Å². The third kappa shape index (κ3) is 4.87. The lowest BCUT2D eigenvalue weighted by atomic mass is 10.3. The molecule has 0 amide bonds. The van der Waals surface area contributed by atoms with Crippen molar-refractivity contribution in [3.05, 3.63) is 22.7 Å². The van der Waals surface area contributed by atoms with E-state index in [-0.39, 0.29) is 22.4 Å². The van der Waals surface area contributed by atoms with Crippen molar-refractivity contribution >= 4 is 42.4 Å². The smallest absolute Gasteiger partial charge is 0.242 e. The molecule has 0 saturated heterocycles. The van der Waals surface area contributed by atoms with Crippen LogP contribution < -0.4 is 10.5 Å². The fraction of sp³-hybridized carbons (Fsp3) is 0.455. The molecule has 108 valence electrons. The topological polar surface area (TPSA) is 89.3 Å². The Morgan fingerprint density at radius 3 is 2.63 bits per heavy atom. The molecule has 8 heteroatoms. The zero-order valence-corrected chi connectivity index (χ0v) is 13.9. The Kier molecular flexibility index (Phi) is 5.97. The van der Waals surface area contributed by atoms with E-state index in [0.29, 0.717) is 6.42 Å². The second-order valence-electron chi connectivity index (χ2n) is 4.18. The molecule has 0 fully saturated rings. The Balaban J connectivity index is 2.74. The maximum absolute atomic E-state index is 12.0. The number of nitrogens with one attached hydrogen (secondary N) is 1. The van der Waals surface area contributed by atoms with Gasteiger partial charge >= 0.3 is 0 Å². The molecule has 0 heterocycles. The van der Waals surface area contributed by atoms with Crippen molar-refractivity contribution in [2.75, 3.05) is 18.5 Å². The van der Waals surface area contributed by atoms with E-state index in [1.165, 1.54) is 12.1 Å². The van der Waals surface area contributed by atoms with Crippen molar-refractivity contribution < 1.29 is 12.6 Å². The average molecular weight is 369 g/mol. The van der Waals surface area contributed by atoms with Crippen molar-refractivity contribution in [2.24, 2.45) is 0 Å². The molecule has 3 N–H and O–H groups in total. The minimum atomic E-state index is -3.62. The number of nitrogens with two attached hydrogens (primary N) is 1. The van der Waals surface area contributed by atoms with Gasteiger partial charge in [-0.2, -0.15) is 0 Å². The van der Waals surface area contributed by atoms with Crippen LogP contribution in [-0.2, 0) is 20.8 Å². The van der Waals surface area contributed by atoms with Crippen molar-refractivity contribution in [3.63, 3.8) is 0 Å².